The summed E-state index contributed by atoms with van der Waals surface area (Å²) in [5.74, 6) is 0. The van der Waals surface area contributed by atoms with Crippen molar-refractivity contribution in [1.29, 1.82) is 0 Å². The van der Waals surface area contributed by atoms with Crippen molar-refractivity contribution in [2.24, 2.45) is 5.41 Å². The largest absolute Gasteiger partial charge is 0.390 e. The van der Waals surface area contributed by atoms with E-state index in [4.69, 9.17) is 0 Å². The van der Waals surface area contributed by atoms with Gasteiger partial charge in [0, 0.05) is 5.34 Å². The number of nitrogens with zero attached hydrogens (tertiary/aromatic N) is 1. The van der Waals surface area contributed by atoms with E-state index in [1.807, 2.05) is 0 Å². The molecule has 1 nitrogen and oxygen atoms in total. The van der Waals surface area contributed by atoms with Gasteiger partial charge >= 0.3 is 6.18 Å². The molecule has 80 valence electrons. The van der Waals surface area contributed by atoms with Gasteiger partial charge in [0.15, 0.2) is 0 Å². The maximum Gasteiger partial charge on any atom is 0.390 e. The molecule has 1 unspecified atom stereocenters. The second kappa shape index (κ2) is 3.77. The minimum Gasteiger partial charge on any atom is -0.171 e. The van der Waals surface area contributed by atoms with Crippen LogP contribution in [-0.2, 0) is 0 Å². The minimum absolute atomic E-state index is 1.10. The Morgan fingerprint density at radius 1 is 1.08 bits per heavy atom. The van der Waals surface area contributed by atoms with Crippen LogP contribution in [-0.4, -0.2) is 17.6 Å². The third-order valence-electron chi connectivity index (χ3n) is 1.66. The molecule has 0 N–H and O–H groups in total. The maximum absolute atomic E-state index is 12.1. The Labute approximate surface area is 73.4 Å². The molecular formula is C7H12F5N. The van der Waals surface area contributed by atoms with Crippen LogP contribution >= 0.6 is 0 Å². The summed E-state index contributed by atoms with van der Waals surface area (Å²) in [5, 5.41) is -1.37. The maximum atomic E-state index is 12.1. The van der Waals surface area contributed by atoms with Crippen molar-refractivity contribution < 1.29 is 22.1 Å². The number of rotatable bonds is 2. The van der Waals surface area contributed by atoms with Crippen LogP contribution in [0.25, 0.3) is 0 Å². The van der Waals surface area contributed by atoms with Crippen molar-refractivity contribution in [2.45, 2.75) is 39.4 Å². The van der Waals surface area contributed by atoms with Crippen molar-refractivity contribution in [3.63, 3.8) is 0 Å². The Morgan fingerprint density at radius 3 is 1.54 bits per heavy atom. The third-order valence-corrected chi connectivity index (χ3v) is 1.66. The SMILES string of the molecule is CC(C)(C)C(CC(F)(F)F)N(F)F. The van der Waals surface area contributed by atoms with Crippen LogP contribution in [0.5, 0.6) is 0 Å². The lowest BCUT2D eigenvalue weighted by Crippen LogP contribution is -2.39. The Hall–Kier alpha value is -0.390. The Balaban J connectivity index is 4.47. The molecule has 0 fully saturated rings. The molecule has 0 saturated carbocycles. The molecule has 0 radical (unpaired) electrons. The first-order chi connectivity index (χ1) is 5.54. The summed E-state index contributed by atoms with van der Waals surface area (Å²) >= 11 is 0. The van der Waals surface area contributed by atoms with Gasteiger partial charge in [0.25, 0.3) is 0 Å². The van der Waals surface area contributed by atoms with E-state index in [9.17, 15) is 22.1 Å². The molecule has 1 atom stereocenters. The summed E-state index contributed by atoms with van der Waals surface area (Å²) < 4.78 is 59.6. The van der Waals surface area contributed by atoms with Gasteiger partial charge in [0.1, 0.15) is 0 Å². The molecule has 0 rings (SSSR count). The van der Waals surface area contributed by atoms with Gasteiger partial charge in [-0.1, -0.05) is 20.8 Å². The number of halogens is 5. The molecule has 0 aromatic heterocycles. The van der Waals surface area contributed by atoms with E-state index in [1.54, 1.807) is 0 Å². The summed E-state index contributed by atoms with van der Waals surface area (Å²) in [4.78, 5) is 0. The van der Waals surface area contributed by atoms with Crippen molar-refractivity contribution in [2.75, 3.05) is 0 Å². The first-order valence-corrected chi connectivity index (χ1v) is 3.71. The third kappa shape index (κ3) is 5.02. The minimum atomic E-state index is -4.56. The molecule has 0 aromatic rings. The molecule has 0 saturated heterocycles. The van der Waals surface area contributed by atoms with Crippen molar-refractivity contribution >= 4 is 0 Å². The van der Waals surface area contributed by atoms with Crippen LogP contribution < -0.4 is 0 Å². The number of hydrogen-bond donors (Lipinski definition) is 0. The van der Waals surface area contributed by atoms with Gasteiger partial charge in [-0.05, 0) is 5.41 Å². The highest BCUT2D eigenvalue weighted by Crippen LogP contribution is 2.34. The summed E-state index contributed by atoms with van der Waals surface area (Å²) in [5.41, 5.74) is -1.10. The number of hydrogen-bond acceptors (Lipinski definition) is 1. The van der Waals surface area contributed by atoms with Crippen LogP contribution in [0.3, 0.4) is 0 Å². The van der Waals surface area contributed by atoms with Gasteiger partial charge in [0.2, 0.25) is 0 Å². The highest BCUT2D eigenvalue weighted by molar-refractivity contribution is 4.79. The Bertz CT molecular complexity index is 157. The fourth-order valence-corrected chi connectivity index (χ4v) is 0.887. The summed E-state index contributed by atoms with van der Waals surface area (Å²) in [6.07, 6.45) is -6.06. The summed E-state index contributed by atoms with van der Waals surface area (Å²) in [7, 11) is 0. The molecule has 0 aliphatic carbocycles. The highest BCUT2D eigenvalue weighted by atomic mass is 19.4. The molecule has 0 amide bonds. The second-order valence-electron chi connectivity index (χ2n) is 3.96. The van der Waals surface area contributed by atoms with Crippen LogP contribution in [0.4, 0.5) is 22.1 Å². The van der Waals surface area contributed by atoms with Gasteiger partial charge in [-0.2, -0.15) is 13.2 Å². The van der Waals surface area contributed by atoms with Gasteiger partial charge < -0.3 is 0 Å². The summed E-state index contributed by atoms with van der Waals surface area (Å²) in [6, 6.07) is -1.80. The van der Waals surface area contributed by atoms with Crippen molar-refractivity contribution in [1.82, 2.24) is 5.34 Å². The van der Waals surface area contributed by atoms with Gasteiger partial charge in [0.05, 0.1) is 12.5 Å². The van der Waals surface area contributed by atoms with E-state index in [0.717, 1.165) is 0 Å². The van der Waals surface area contributed by atoms with Crippen LogP contribution in [0.1, 0.15) is 27.2 Å². The normalized spacial score (nSPS) is 16.4. The lowest BCUT2D eigenvalue weighted by molar-refractivity contribution is -0.244. The average molecular weight is 205 g/mol. The van der Waals surface area contributed by atoms with Gasteiger partial charge in [-0.15, -0.1) is 8.96 Å². The van der Waals surface area contributed by atoms with E-state index in [0.29, 0.717) is 0 Å². The van der Waals surface area contributed by atoms with Crippen LogP contribution in [0, 0.1) is 5.41 Å². The quantitative estimate of drug-likeness (QED) is 0.493. The molecule has 0 spiro atoms. The van der Waals surface area contributed by atoms with E-state index >= 15 is 0 Å². The zero-order valence-electron chi connectivity index (χ0n) is 7.62. The molecular weight excluding hydrogens is 193 g/mol. The zero-order chi connectivity index (χ0) is 10.9. The standard InChI is InChI=1S/C7H12F5N/c1-6(2,3)5(13(11)12)4-7(8,9)10/h5H,4H2,1-3H3. The van der Waals surface area contributed by atoms with Crippen molar-refractivity contribution in [3.05, 3.63) is 0 Å². The second-order valence-corrected chi connectivity index (χ2v) is 3.96. The lowest BCUT2D eigenvalue weighted by Gasteiger charge is -2.30. The molecule has 0 aliphatic heterocycles. The zero-order valence-corrected chi connectivity index (χ0v) is 7.62. The van der Waals surface area contributed by atoms with Gasteiger partial charge in [-0.25, -0.2) is 0 Å². The molecule has 13 heavy (non-hydrogen) atoms. The lowest BCUT2D eigenvalue weighted by atomic mass is 9.85. The molecule has 0 heterocycles. The molecule has 0 bridgehead atoms. The van der Waals surface area contributed by atoms with E-state index in [1.165, 1.54) is 20.8 Å². The van der Waals surface area contributed by atoms with E-state index in [-0.39, 0.29) is 0 Å². The fourth-order valence-electron chi connectivity index (χ4n) is 0.887. The summed E-state index contributed by atoms with van der Waals surface area (Å²) in [6.45, 7) is 4.03. The first kappa shape index (κ1) is 12.6. The smallest absolute Gasteiger partial charge is 0.171 e. The van der Waals surface area contributed by atoms with Gasteiger partial charge in [-0.3, -0.25) is 0 Å². The Kier molecular flexibility index (Phi) is 3.66. The highest BCUT2D eigenvalue weighted by Gasteiger charge is 2.41. The molecule has 0 aliphatic rings. The van der Waals surface area contributed by atoms with Crippen LogP contribution in [0.15, 0.2) is 0 Å². The van der Waals surface area contributed by atoms with E-state index in [2.05, 4.69) is 0 Å². The molecule has 6 heteroatoms. The monoisotopic (exact) mass is 205 g/mol. The predicted octanol–water partition coefficient (Wildman–Crippen LogP) is 3.42. The predicted molar refractivity (Wildman–Crippen MR) is 38.0 cm³/mol. The van der Waals surface area contributed by atoms with Crippen LogP contribution in [0.2, 0.25) is 0 Å². The fraction of sp³-hybridized carbons (Fsp3) is 1.00. The number of alkyl halides is 3. The topological polar surface area (TPSA) is 3.24 Å². The first-order valence-electron chi connectivity index (χ1n) is 3.71. The average Bonchev–Trinajstić information content (AvgIpc) is 1.77. The van der Waals surface area contributed by atoms with Crippen molar-refractivity contribution in [3.8, 4) is 0 Å². The van der Waals surface area contributed by atoms with E-state index < -0.39 is 29.4 Å². The Morgan fingerprint density at radius 2 is 1.46 bits per heavy atom. The molecule has 0 aromatic carbocycles.